The third kappa shape index (κ3) is 4.82. The van der Waals surface area contributed by atoms with Gasteiger partial charge < -0.3 is 5.32 Å². The van der Waals surface area contributed by atoms with Crippen LogP contribution in [-0.2, 0) is 16.0 Å². The van der Waals surface area contributed by atoms with E-state index in [4.69, 9.17) is 23.8 Å². The first-order valence-electron chi connectivity index (χ1n) is 7.93. The first-order chi connectivity index (χ1) is 12.4. The molecule has 0 spiro atoms. The molecule has 1 atom stereocenters. The molecule has 1 aliphatic heterocycles. The molecule has 1 saturated heterocycles. The second-order valence-electron chi connectivity index (χ2n) is 5.75. The zero-order valence-electron chi connectivity index (χ0n) is 13.9. The first kappa shape index (κ1) is 19.3. The van der Waals surface area contributed by atoms with E-state index in [9.17, 15) is 9.59 Å². The lowest BCUT2D eigenvalue weighted by molar-refractivity contribution is -0.126. The maximum atomic E-state index is 12.1. The Bertz CT molecular complexity index is 838. The number of carbonyl (C=O) groups is 2. The number of nitrogens with one attached hydrogen (secondary N) is 1. The van der Waals surface area contributed by atoms with Crippen LogP contribution in [0.2, 0.25) is 5.02 Å². The first-order valence-corrected chi connectivity index (χ1v) is 10.4. The number of anilines is 1. The van der Waals surface area contributed by atoms with Gasteiger partial charge in [-0.2, -0.15) is 0 Å². The smallest absolute Gasteiger partial charge is 0.241 e. The number of hydrogen-bond donors (Lipinski definition) is 1. The molecule has 2 heterocycles. The summed E-state index contributed by atoms with van der Waals surface area (Å²) < 4.78 is 0.537. The molecule has 136 valence electrons. The summed E-state index contributed by atoms with van der Waals surface area (Å²) in [7, 11) is 0. The lowest BCUT2D eigenvalue weighted by Gasteiger charge is -2.14. The number of thioether (sulfide) groups is 1. The third-order valence-corrected chi connectivity index (χ3v) is 6.42. The van der Waals surface area contributed by atoms with Gasteiger partial charge in [-0.05, 0) is 24.6 Å². The Balaban J connectivity index is 1.50. The largest absolute Gasteiger partial charge is 0.302 e. The van der Waals surface area contributed by atoms with Crippen LogP contribution in [0.3, 0.4) is 0 Å². The highest BCUT2D eigenvalue weighted by Gasteiger charge is 2.33. The zero-order chi connectivity index (χ0) is 18.7. The summed E-state index contributed by atoms with van der Waals surface area (Å²) in [6.07, 6.45) is 2.67. The summed E-state index contributed by atoms with van der Waals surface area (Å²) in [4.78, 5) is 30.9. The number of thiazole rings is 1. The molecule has 5 nitrogen and oxygen atoms in total. The number of halogens is 1. The zero-order valence-corrected chi connectivity index (χ0v) is 17.1. The fourth-order valence-electron chi connectivity index (χ4n) is 2.42. The van der Waals surface area contributed by atoms with Gasteiger partial charge in [-0.3, -0.25) is 14.5 Å². The minimum absolute atomic E-state index is 0.0349. The van der Waals surface area contributed by atoms with E-state index in [1.807, 2.05) is 31.2 Å². The van der Waals surface area contributed by atoms with E-state index >= 15 is 0 Å². The summed E-state index contributed by atoms with van der Waals surface area (Å²) in [5.74, 6) is -0.218. The van der Waals surface area contributed by atoms with Crippen molar-refractivity contribution < 1.29 is 9.59 Å². The van der Waals surface area contributed by atoms with Crippen molar-refractivity contribution in [1.29, 1.82) is 0 Å². The van der Waals surface area contributed by atoms with E-state index in [0.29, 0.717) is 21.0 Å². The number of aromatic nitrogens is 1. The standard InChI is InChI=1S/C17H16ClN3O2S3/c1-10-15(23)21(17(24)25-10)7-6-14(22)20-16-19-9-13(26-16)8-11-2-4-12(18)5-3-11/h2-5,9-10H,6-8H2,1H3,(H,19,20,22). The van der Waals surface area contributed by atoms with Crippen molar-refractivity contribution in [1.82, 2.24) is 9.88 Å². The van der Waals surface area contributed by atoms with Crippen molar-refractivity contribution in [2.45, 2.75) is 25.0 Å². The highest BCUT2D eigenvalue weighted by molar-refractivity contribution is 8.24. The van der Waals surface area contributed by atoms with E-state index in [1.54, 1.807) is 6.20 Å². The second-order valence-corrected chi connectivity index (χ2v) is 9.28. The summed E-state index contributed by atoms with van der Waals surface area (Å²) in [6.45, 7) is 2.11. The van der Waals surface area contributed by atoms with Crippen molar-refractivity contribution >= 4 is 68.2 Å². The average Bonchev–Trinajstić information content (AvgIpc) is 3.12. The van der Waals surface area contributed by atoms with Crippen LogP contribution in [0, 0.1) is 0 Å². The molecular formula is C17H16ClN3O2S3. The Morgan fingerprint density at radius 1 is 1.38 bits per heavy atom. The number of rotatable bonds is 6. The van der Waals surface area contributed by atoms with E-state index < -0.39 is 0 Å². The molecule has 0 bridgehead atoms. The van der Waals surface area contributed by atoms with Gasteiger partial charge >= 0.3 is 0 Å². The van der Waals surface area contributed by atoms with E-state index in [-0.39, 0.29) is 23.5 Å². The highest BCUT2D eigenvalue weighted by Crippen LogP contribution is 2.27. The fraction of sp³-hybridized carbons (Fsp3) is 0.294. The Morgan fingerprint density at radius 2 is 2.12 bits per heavy atom. The number of hydrogen-bond acceptors (Lipinski definition) is 6. The maximum absolute atomic E-state index is 12.1. The van der Waals surface area contributed by atoms with Crippen LogP contribution in [-0.4, -0.2) is 37.8 Å². The predicted octanol–water partition coefficient (Wildman–Crippen LogP) is 3.96. The van der Waals surface area contributed by atoms with E-state index in [1.165, 1.54) is 28.0 Å². The predicted molar refractivity (Wildman–Crippen MR) is 111 cm³/mol. The molecule has 0 radical (unpaired) electrons. The monoisotopic (exact) mass is 425 g/mol. The molecule has 1 aromatic heterocycles. The van der Waals surface area contributed by atoms with Crippen LogP contribution in [0.5, 0.6) is 0 Å². The van der Waals surface area contributed by atoms with Gasteiger partial charge in [0.1, 0.15) is 4.32 Å². The fourth-order valence-corrected chi connectivity index (χ4v) is 4.86. The normalized spacial score (nSPS) is 17.0. The van der Waals surface area contributed by atoms with Crippen molar-refractivity contribution in [3.05, 3.63) is 45.9 Å². The van der Waals surface area contributed by atoms with Crippen LogP contribution in [0.4, 0.5) is 5.13 Å². The topological polar surface area (TPSA) is 62.3 Å². The molecule has 1 aliphatic rings. The maximum Gasteiger partial charge on any atom is 0.241 e. The van der Waals surface area contributed by atoms with Gasteiger partial charge in [0, 0.05) is 35.5 Å². The molecule has 1 aromatic carbocycles. The lowest BCUT2D eigenvalue weighted by Crippen LogP contribution is -2.33. The van der Waals surface area contributed by atoms with Crippen LogP contribution < -0.4 is 5.32 Å². The molecule has 1 fully saturated rings. The SMILES string of the molecule is CC1SC(=S)N(CCC(=O)Nc2ncc(Cc3ccc(Cl)cc3)s2)C1=O. The summed E-state index contributed by atoms with van der Waals surface area (Å²) in [5, 5.41) is 3.87. The lowest BCUT2D eigenvalue weighted by atomic mass is 10.1. The van der Waals surface area contributed by atoms with Crippen LogP contribution in [0.1, 0.15) is 23.8 Å². The van der Waals surface area contributed by atoms with Gasteiger partial charge in [0.05, 0.1) is 5.25 Å². The molecule has 26 heavy (non-hydrogen) atoms. The Labute approximate surface area is 170 Å². The Morgan fingerprint density at radius 3 is 2.77 bits per heavy atom. The van der Waals surface area contributed by atoms with Crippen LogP contribution >= 0.6 is 46.9 Å². The van der Waals surface area contributed by atoms with Gasteiger partial charge in [0.2, 0.25) is 11.8 Å². The minimum atomic E-state index is -0.183. The summed E-state index contributed by atoms with van der Waals surface area (Å²) in [6, 6.07) is 7.64. The molecule has 2 amide bonds. The van der Waals surface area contributed by atoms with Gasteiger partial charge in [-0.25, -0.2) is 4.98 Å². The van der Waals surface area contributed by atoms with Gasteiger partial charge in [-0.1, -0.05) is 47.7 Å². The number of amides is 2. The van der Waals surface area contributed by atoms with Crippen molar-refractivity contribution in [2.75, 3.05) is 11.9 Å². The van der Waals surface area contributed by atoms with E-state index in [0.717, 1.165) is 16.9 Å². The van der Waals surface area contributed by atoms with Gasteiger partial charge in [0.15, 0.2) is 5.13 Å². The average molecular weight is 426 g/mol. The number of thiocarbonyl (C=S) groups is 1. The third-order valence-electron chi connectivity index (χ3n) is 3.77. The van der Waals surface area contributed by atoms with Crippen LogP contribution in [0.15, 0.2) is 30.5 Å². The molecule has 1 N–H and O–H groups in total. The number of nitrogens with zero attached hydrogens (tertiary/aromatic N) is 2. The molecule has 9 heteroatoms. The molecule has 3 rings (SSSR count). The van der Waals surface area contributed by atoms with E-state index in [2.05, 4.69) is 10.3 Å². The van der Waals surface area contributed by atoms with Crippen molar-refractivity contribution in [3.8, 4) is 0 Å². The molecule has 0 aliphatic carbocycles. The van der Waals surface area contributed by atoms with Crippen molar-refractivity contribution in [2.24, 2.45) is 0 Å². The van der Waals surface area contributed by atoms with Gasteiger partial charge in [0.25, 0.3) is 0 Å². The number of carbonyl (C=O) groups excluding carboxylic acids is 2. The molecule has 1 unspecified atom stereocenters. The number of benzene rings is 1. The van der Waals surface area contributed by atoms with Crippen molar-refractivity contribution in [3.63, 3.8) is 0 Å². The molecule has 0 saturated carbocycles. The Hall–Kier alpha value is -1.48. The minimum Gasteiger partial charge on any atom is -0.302 e. The highest BCUT2D eigenvalue weighted by atomic mass is 35.5. The molecule has 2 aromatic rings. The molecular weight excluding hydrogens is 410 g/mol. The Kier molecular flexibility index (Phi) is 6.29. The summed E-state index contributed by atoms with van der Waals surface area (Å²) in [5.41, 5.74) is 1.13. The summed E-state index contributed by atoms with van der Waals surface area (Å²) >= 11 is 13.8. The second kappa shape index (κ2) is 8.47. The van der Waals surface area contributed by atoms with Gasteiger partial charge in [-0.15, -0.1) is 11.3 Å². The van der Waals surface area contributed by atoms with Crippen LogP contribution in [0.25, 0.3) is 0 Å². The quantitative estimate of drug-likeness (QED) is 0.709.